The Balaban J connectivity index is 1.39. The number of H-pyrrole nitrogens is 1. The van der Waals surface area contributed by atoms with Gasteiger partial charge in [-0.1, -0.05) is 29.8 Å². The number of nitrogens with zero attached hydrogens (tertiary/aromatic N) is 4. The van der Waals surface area contributed by atoms with Gasteiger partial charge in [0.05, 0.1) is 15.2 Å². The number of halogens is 2. The van der Waals surface area contributed by atoms with Gasteiger partial charge in [0.1, 0.15) is 17.8 Å². The van der Waals surface area contributed by atoms with Gasteiger partial charge in [-0.2, -0.15) is 0 Å². The molecule has 0 unspecified atom stereocenters. The fourth-order valence-corrected chi connectivity index (χ4v) is 4.72. The zero-order chi connectivity index (χ0) is 20.5. The monoisotopic (exact) mass is 475 g/mol. The molecule has 0 bridgehead atoms. The van der Waals surface area contributed by atoms with Gasteiger partial charge in [-0.3, -0.25) is 4.79 Å². The molecule has 1 aliphatic rings. The predicted octanol–water partition coefficient (Wildman–Crippen LogP) is 4.67. The number of aromatic nitrogens is 3. The van der Waals surface area contributed by atoms with Crippen LogP contribution >= 0.6 is 27.5 Å². The van der Waals surface area contributed by atoms with Crippen molar-refractivity contribution >= 4 is 50.2 Å². The Morgan fingerprint density at radius 1 is 1.31 bits per heavy atom. The lowest BCUT2D eigenvalue weighted by Gasteiger charge is -2.34. The summed E-state index contributed by atoms with van der Waals surface area (Å²) in [7, 11) is 2.05. The zero-order valence-electron chi connectivity index (χ0n) is 16.5. The van der Waals surface area contributed by atoms with Crippen molar-refractivity contribution in [2.75, 3.05) is 31.6 Å². The highest BCUT2D eigenvalue weighted by atomic mass is 79.9. The Morgan fingerprint density at radius 3 is 2.76 bits per heavy atom. The second kappa shape index (κ2) is 8.32. The number of piperidine rings is 1. The molecular formula is C21H23BrClN5O. The van der Waals surface area contributed by atoms with E-state index in [0.717, 1.165) is 59.4 Å². The SMILES string of the molecule is Cc1ncnc(N(C)CC2CCN(C(=O)c3[nH]c4ccccc4c3Cl)CC2)c1Br. The molecule has 6 nitrogen and oxygen atoms in total. The highest BCUT2D eigenvalue weighted by Crippen LogP contribution is 2.30. The van der Waals surface area contributed by atoms with E-state index in [4.69, 9.17) is 11.6 Å². The van der Waals surface area contributed by atoms with Crippen LogP contribution in [0.15, 0.2) is 35.1 Å². The van der Waals surface area contributed by atoms with Gasteiger partial charge in [0.2, 0.25) is 0 Å². The Kier molecular flexibility index (Phi) is 5.79. The Morgan fingerprint density at radius 2 is 2.03 bits per heavy atom. The van der Waals surface area contributed by atoms with Crippen LogP contribution in [-0.4, -0.2) is 52.4 Å². The molecule has 1 saturated heterocycles. The summed E-state index contributed by atoms with van der Waals surface area (Å²) >= 11 is 10.0. The van der Waals surface area contributed by atoms with Crippen LogP contribution in [0.5, 0.6) is 0 Å². The largest absolute Gasteiger partial charge is 0.358 e. The van der Waals surface area contributed by atoms with Crippen molar-refractivity contribution in [2.45, 2.75) is 19.8 Å². The number of carbonyl (C=O) groups is 1. The number of aromatic amines is 1. The number of benzene rings is 1. The van der Waals surface area contributed by atoms with E-state index in [1.54, 1.807) is 6.33 Å². The van der Waals surface area contributed by atoms with Gasteiger partial charge in [0.15, 0.2) is 0 Å². The molecule has 2 aromatic heterocycles. The number of hydrogen-bond donors (Lipinski definition) is 1. The number of hydrogen-bond acceptors (Lipinski definition) is 4. The molecule has 3 aromatic rings. The van der Waals surface area contributed by atoms with Gasteiger partial charge in [-0.15, -0.1) is 0 Å². The third-order valence-electron chi connectivity index (χ3n) is 5.60. The second-order valence-electron chi connectivity index (χ2n) is 7.57. The minimum absolute atomic E-state index is 0.0211. The molecule has 4 rings (SSSR count). The third kappa shape index (κ3) is 3.98. The van der Waals surface area contributed by atoms with E-state index in [2.05, 4.69) is 35.8 Å². The average molecular weight is 477 g/mol. The Bertz CT molecular complexity index is 1040. The molecule has 0 atom stereocenters. The van der Waals surface area contributed by atoms with Crippen LogP contribution in [0.2, 0.25) is 5.02 Å². The number of aryl methyl sites for hydroxylation is 1. The van der Waals surface area contributed by atoms with E-state index in [0.29, 0.717) is 16.6 Å². The quantitative estimate of drug-likeness (QED) is 0.594. The van der Waals surface area contributed by atoms with Crippen molar-refractivity contribution < 1.29 is 4.79 Å². The summed E-state index contributed by atoms with van der Waals surface area (Å²) in [6.45, 7) is 4.31. The molecule has 1 aromatic carbocycles. The van der Waals surface area contributed by atoms with Crippen LogP contribution in [0.1, 0.15) is 29.0 Å². The van der Waals surface area contributed by atoms with Crippen LogP contribution in [0, 0.1) is 12.8 Å². The van der Waals surface area contributed by atoms with Crippen molar-refractivity contribution in [3.05, 3.63) is 51.5 Å². The number of carbonyl (C=O) groups excluding carboxylic acids is 1. The smallest absolute Gasteiger partial charge is 0.271 e. The number of anilines is 1. The van der Waals surface area contributed by atoms with Gasteiger partial charge in [0.25, 0.3) is 5.91 Å². The molecule has 29 heavy (non-hydrogen) atoms. The molecule has 1 fully saturated rings. The summed E-state index contributed by atoms with van der Waals surface area (Å²) in [5, 5.41) is 1.40. The van der Waals surface area contributed by atoms with Crippen LogP contribution in [0.25, 0.3) is 10.9 Å². The molecule has 0 radical (unpaired) electrons. The van der Waals surface area contributed by atoms with Crippen molar-refractivity contribution in [3.8, 4) is 0 Å². The highest BCUT2D eigenvalue weighted by Gasteiger charge is 2.27. The van der Waals surface area contributed by atoms with Gasteiger partial charge in [-0.05, 0) is 47.7 Å². The van der Waals surface area contributed by atoms with Crippen LogP contribution in [-0.2, 0) is 0 Å². The molecule has 1 aliphatic heterocycles. The van der Waals surface area contributed by atoms with E-state index in [1.807, 2.05) is 43.1 Å². The van der Waals surface area contributed by atoms with Crippen molar-refractivity contribution in [2.24, 2.45) is 5.92 Å². The first-order valence-corrected chi connectivity index (χ1v) is 10.9. The maximum Gasteiger partial charge on any atom is 0.271 e. The van der Waals surface area contributed by atoms with Gasteiger partial charge in [-0.25, -0.2) is 9.97 Å². The Hall–Kier alpha value is -2.12. The number of nitrogens with one attached hydrogen (secondary N) is 1. The molecule has 3 heterocycles. The molecule has 1 N–H and O–H groups in total. The predicted molar refractivity (Wildman–Crippen MR) is 120 cm³/mol. The van der Waals surface area contributed by atoms with Crippen LogP contribution in [0.4, 0.5) is 5.82 Å². The lowest BCUT2D eigenvalue weighted by molar-refractivity contribution is 0.0688. The van der Waals surface area contributed by atoms with Crippen LogP contribution in [0.3, 0.4) is 0 Å². The molecule has 1 amide bonds. The maximum absolute atomic E-state index is 13.0. The van der Waals surface area contributed by atoms with Crippen molar-refractivity contribution in [1.29, 1.82) is 0 Å². The van der Waals surface area contributed by atoms with Gasteiger partial charge in [0, 0.05) is 37.6 Å². The van der Waals surface area contributed by atoms with E-state index >= 15 is 0 Å². The molecule has 0 saturated carbocycles. The number of likely N-dealkylation sites (tertiary alicyclic amines) is 1. The summed E-state index contributed by atoms with van der Waals surface area (Å²) in [5.41, 5.74) is 2.31. The molecule has 0 spiro atoms. The summed E-state index contributed by atoms with van der Waals surface area (Å²) < 4.78 is 0.934. The second-order valence-corrected chi connectivity index (χ2v) is 8.74. The average Bonchev–Trinajstić information content (AvgIpc) is 3.07. The minimum Gasteiger partial charge on any atom is -0.358 e. The number of amides is 1. The lowest BCUT2D eigenvalue weighted by Crippen LogP contribution is -2.41. The molecule has 0 aliphatic carbocycles. The molecule has 152 valence electrons. The van der Waals surface area contributed by atoms with Crippen LogP contribution < -0.4 is 4.90 Å². The van der Waals surface area contributed by atoms with E-state index in [-0.39, 0.29) is 5.91 Å². The maximum atomic E-state index is 13.0. The fourth-order valence-electron chi connectivity index (χ4n) is 3.92. The topological polar surface area (TPSA) is 65.1 Å². The van der Waals surface area contributed by atoms with Crippen molar-refractivity contribution in [1.82, 2.24) is 19.9 Å². The standard InChI is InChI=1S/C21H23BrClN5O/c1-13-17(22)20(25-12-24-13)27(2)11-14-7-9-28(10-8-14)21(29)19-18(23)15-5-3-4-6-16(15)26-19/h3-6,12,14,26H,7-11H2,1-2H3. The molecule has 8 heteroatoms. The fraction of sp³-hybridized carbons (Fsp3) is 0.381. The number of fused-ring (bicyclic) bond motifs is 1. The first kappa shape index (κ1) is 20.2. The first-order valence-electron chi connectivity index (χ1n) is 9.69. The lowest BCUT2D eigenvalue weighted by atomic mass is 9.96. The number of rotatable bonds is 4. The zero-order valence-corrected chi connectivity index (χ0v) is 18.8. The highest BCUT2D eigenvalue weighted by molar-refractivity contribution is 9.10. The number of para-hydroxylation sites is 1. The first-order chi connectivity index (χ1) is 14.0. The normalized spacial score (nSPS) is 15.1. The van der Waals surface area contributed by atoms with E-state index < -0.39 is 0 Å². The van der Waals surface area contributed by atoms with E-state index in [9.17, 15) is 4.79 Å². The third-order valence-corrected chi connectivity index (χ3v) is 6.92. The van der Waals surface area contributed by atoms with Crippen molar-refractivity contribution in [3.63, 3.8) is 0 Å². The molecular weight excluding hydrogens is 454 g/mol. The summed E-state index contributed by atoms with van der Waals surface area (Å²) in [6.07, 6.45) is 3.50. The Labute approximate surface area is 183 Å². The summed E-state index contributed by atoms with van der Waals surface area (Å²) in [4.78, 5) is 28.9. The minimum atomic E-state index is -0.0211. The van der Waals surface area contributed by atoms with E-state index in [1.165, 1.54) is 0 Å². The summed E-state index contributed by atoms with van der Waals surface area (Å²) in [5.74, 6) is 1.39. The van der Waals surface area contributed by atoms with Gasteiger partial charge >= 0.3 is 0 Å². The van der Waals surface area contributed by atoms with Gasteiger partial charge < -0.3 is 14.8 Å². The summed E-state index contributed by atoms with van der Waals surface area (Å²) in [6, 6.07) is 7.73.